The molecule has 2 aromatic rings. The number of nitrogens with one attached hydrogen (secondary N) is 2. The molecule has 1 aliphatic rings. The van der Waals surface area contributed by atoms with E-state index in [1.54, 1.807) is 12.1 Å². The lowest BCUT2D eigenvalue weighted by molar-refractivity contribution is 0.547. The maximum Gasteiger partial charge on any atom is 0.240 e. The van der Waals surface area contributed by atoms with E-state index in [9.17, 15) is 8.42 Å². The predicted octanol–water partition coefficient (Wildman–Crippen LogP) is 3.34. The van der Waals surface area contributed by atoms with Crippen molar-refractivity contribution in [3.05, 3.63) is 59.7 Å². The summed E-state index contributed by atoms with van der Waals surface area (Å²) in [6.45, 7) is 4.01. The molecule has 0 amide bonds. The number of anilines is 1. The highest BCUT2D eigenvalue weighted by Gasteiger charge is 2.22. The van der Waals surface area contributed by atoms with Gasteiger partial charge in [-0.3, -0.25) is 0 Å². The zero-order valence-corrected chi connectivity index (χ0v) is 14.9. The molecular formula is C19H24N2O2S. The lowest BCUT2D eigenvalue weighted by Gasteiger charge is -2.15. The Morgan fingerprint density at radius 3 is 2.71 bits per heavy atom. The van der Waals surface area contributed by atoms with Crippen LogP contribution in [0.1, 0.15) is 31.4 Å². The van der Waals surface area contributed by atoms with Crippen molar-refractivity contribution in [3.63, 3.8) is 0 Å². The average molecular weight is 344 g/mol. The molecule has 1 heterocycles. The highest BCUT2D eigenvalue weighted by Crippen LogP contribution is 2.28. The fraction of sp³-hybridized carbons (Fsp3) is 0.368. The van der Waals surface area contributed by atoms with Gasteiger partial charge in [0.05, 0.1) is 4.90 Å². The van der Waals surface area contributed by atoms with Gasteiger partial charge in [-0.1, -0.05) is 30.3 Å². The van der Waals surface area contributed by atoms with Crippen molar-refractivity contribution >= 4 is 15.7 Å². The molecule has 5 heteroatoms. The standard InChI is InChI=1S/C19H24N2O2S/c1-14(8-9-16-6-4-3-5-7-16)21-24(22,23)18-10-11-19-17(13-18)12-15(2)20-19/h3-7,10-11,13-15,20-21H,8-9,12H2,1-2H3/t14-,15-/m1/s1. The van der Waals surface area contributed by atoms with Crippen molar-refractivity contribution in [2.24, 2.45) is 0 Å². The Kier molecular flexibility index (Phi) is 4.92. The molecule has 0 fully saturated rings. The van der Waals surface area contributed by atoms with E-state index in [0.717, 1.165) is 30.5 Å². The molecule has 2 aromatic carbocycles. The van der Waals surface area contributed by atoms with Crippen molar-refractivity contribution in [1.29, 1.82) is 0 Å². The molecule has 0 radical (unpaired) electrons. The fourth-order valence-corrected chi connectivity index (χ4v) is 4.44. The second-order valence-electron chi connectivity index (χ2n) is 6.62. The predicted molar refractivity (Wildman–Crippen MR) is 97.8 cm³/mol. The third-order valence-electron chi connectivity index (χ3n) is 4.38. The molecule has 1 aliphatic heterocycles. The Hall–Kier alpha value is -1.85. The van der Waals surface area contributed by atoms with Gasteiger partial charge in [0, 0.05) is 17.8 Å². The Balaban J connectivity index is 1.64. The quantitative estimate of drug-likeness (QED) is 0.845. The summed E-state index contributed by atoms with van der Waals surface area (Å²) >= 11 is 0. The van der Waals surface area contributed by atoms with Crippen molar-refractivity contribution < 1.29 is 8.42 Å². The van der Waals surface area contributed by atoms with Gasteiger partial charge in [0.2, 0.25) is 10.0 Å². The molecule has 0 spiro atoms. The summed E-state index contributed by atoms with van der Waals surface area (Å²) < 4.78 is 28.0. The van der Waals surface area contributed by atoms with Crippen LogP contribution in [-0.2, 0) is 22.9 Å². The second-order valence-corrected chi connectivity index (χ2v) is 8.33. The van der Waals surface area contributed by atoms with Gasteiger partial charge in [0.15, 0.2) is 0 Å². The van der Waals surface area contributed by atoms with Crippen molar-refractivity contribution in [1.82, 2.24) is 4.72 Å². The number of aryl methyl sites for hydroxylation is 1. The average Bonchev–Trinajstić information content (AvgIpc) is 2.92. The highest BCUT2D eigenvalue weighted by molar-refractivity contribution is 7.89. The van der Waals surface area contributed by atoms with Crippen LogP contribution in [0.25, 0.3) is 0 Å². The Labute approximate surface area is 144 Å². The summed E-state index contributed by atoms with van der Waals surface area (Å²) in [7, 11) is -3.48. The van der Waals surface area contributed by atoms with Crippen LogP contribution in [0.15, 0.2) is 53.4 Å². The molecule has 0 saturated heterocycles. The van der Waals surface area contributed by atoms with E-state index in [-0.39, 0.29) is 6.04 Å². The van der Waals surface area contributed by atoms with Gasteiger partial charge in [-0.05, 0) is 62.4 Å². The van der Waals surface area contributed by atoms with Crippen molar-refractivity contribution in [3.8, 4) is 0 Å². The van der Waals surface area contributed by atoms with E-state index in [1.807, 2.05) is 31.2 Å². The third kappa shape index (κ3) is 3.97. The number of hydrogen-bond acceptors (Lipinski definition) is 3. The molecular weight excluding hydrogens is 320 g/mol. The lowest BCUT2D eigenvalue weighted by atomic mass is 10.1. The first-order valence-electron chi connectivity index (χ1n) is 8.40. The topological polar surface area (TPSA) is 58.2 Å². The summed E-state index contributed by atoms with van der Waals surface area (Å²) in [4.78, 5) is 0.351. The summed E-state index contributed by atoms with van der Waals surface area (Å²) in [5.41, 5.74) is 3.34. The van der Waals surface area contributed by atoms with Gasteiger partial charge >= 0.3 is 0 Å². The van der Waals surface area contributed by atoms with E-state index in [1.165, 1.54) is 5.56 Å². The molecule has 3 rings (SSSR count). The molecule has 24 heavy (non-hydrogen) atoms. The van der Waals surface area contributed by atoms with E-state index in [0.29, 0.717) is 10.9 Å². The van der Waals surface area contributed by atoms with Crippen LogP contribution in [0.3, 0.4) is 0 Å². The number of rotatable bonds is 6. The molecule has 2 atom stereocenters. The lowest BCUT2D eigenvalue weighted by Crippen LogP contribution is -2.33. The van der Waals surface area contributed by atoms with Crippen LogP contribution in [0.5, 0.6) is 0 Å². The normalized spacial score (nSPS) is 18.0. The molecule has 0 saturated carbocycles. The van der Waals surface area contributed by atoms with Gasteiger partial charge < -0.3 is 5.32 Å². The van der Waals surface area contributed by atoms with Gasteiger partial charge in [-0.15, -0.1) is 0 Å². The molecule has 0 aliphatic carbocycles. The highest BCUT2D eigenvalue weighted by atomic mass is 32.2. The Morgan fingerprint density at radius 2 is 1.96 bits per heavy atom. The van der Waals surface area contributed by atoms with E-state index >= 15 is 0 Å². The summed E-state index contributed by atoms with van der Waals surface area (Å²) in [5.74, 6) is 0. The molecule has 2 N–H and O–H groups in total. The second kappa shape index (κ2) is 6.95. The van der Waals surface area contributed by atoms with E-state index < -0.39 is 10.0 Å². The van der Waals surface area contributed by atoms with E-state index in [2.05, 4.69) is 29.1 Å². The summed E-state index contributed by atoms with van der Waals surface area (Å²) in [6, 6.07) is 15.7. The van der Waals surface area contributed by atoms with Crippen LogP contribution >= 0.6 is 0 Å². The first kappa shape index (κ1) is 17.0. The maximum atomic E-state index is 12.6. The maximum absolute atomic E-state index is 12.6. The van der Waals surface area contributed by atoms with Gasteiger partial charge in [-0.25, -0.2) is 13.1 Å². The smallest absolute Gasteiger partial charge is 0.240 e. The van der Waals surface area contributed by atoms with Crippen LogP contribution in [0.2, 0.25) is 0 Å². The van der Waals surface area contributed by atoms with Crippen LogP contribution in [0.4, 0.5) is 5.69 Å². The minimum Gasteiger partial charge on any atom is -0.382 e. The number of fused-ring (bicyclic) bond motifs is 1. The minimum atomic E-state index is -3.48. The summed E-state index contributed by atoms with van der Waals surface area (Å²) in [5, 5.41) is 3.34. The number of sulfonamides is 1. The van der Waals surface area contributed by atoms with Crippen molar-refractivity contribution in [2.45, 2.75) is 50.1 Å². The zero-order chi connectivity index (χ0) is 17.2. The zero-order valence-electron chi connectivity index (χ0n) is 14.1. The summed E-state index contributed by atoms with van der Waals surface area (Å²) in [6.07, 6.45) is 2.49. The Morgan fingerprint density at radius 1 is 1.21 bits per heavy atom. The number of benzene rings is 2. The minimum absolute atomic E-state index is 0.111. The molecule has 0 aromatic heterocycles. The molecule has 0 unspecified atom stereocenters. The third-order valence-corrected chi connectivity index (χ3v) is 5.97. The molecule has 128 valence electrons. The van der Waals surface area contributed by atoms with Gasteiger partial charge in [0.1, 0.15) is 0 Å². The van der Waals surface area contributed by atoms with Crippen LogP contribution < -0.4 is 10.0 Å². The number of hydrogen-bond donors (Lipinski definition) is 2. The van der Waals surface area contributed by atoms with Crippen molar-refractivity contribution in [2.75, 3.05) is 5.32 Å². The monoisotopic (exact) mass is 344 g/mol. The first-order chi connectivity index (χ1) is 11.4. The van der Waals surface area contributed by atoms with Gasteiger partial charge in [0.25, 0.3) is 0 Å². The Bertz CT molecular complexity index is 803. The first-order valence-corrected chi connectivity index (χ1v) is 9.88. The fourth-order valence-electron chi connectivity index (χ4n) is 3.11. The molecule has 4 nitrogen and oxygen atoms in total. The van der Waals surface area contributed by atoms with Gasteiger partial charge in [-0.2, -0.15) is 0 Å². The van der Waals surface area contributed by atoms with E-state index in [4.69, 9.17) is 0 Å². The SMILES string of the molecule is C[C@@H]1Cc2cc(S(=O)(=O)N[C@H](C)CCc3ccccc3)ccc2N1. The molecule has 0 bridgehead atoms. The largest absolute Gasteiger partial charge is 0.382 e. The van der Waals surface area contributed by atoms with Crippen LogP contribution in [0, 0.1) is 0 Å². The van der Waals surface area contributed by atoms with Crippen LogP contribution in [-0.4, -0.2) is 20.5 Å².